The first-order valence-corrected chi connectivity index (χ1v) is 11.1. The molecule has 1 aromatic carbocycles. The largest absolute Gasteiger partial charge is 0.443 e. The van der Waals surface area contributed by atoms with Gasteiger partial charge in [0.05, 0.1) is 11.6 Å². The molecule has 1 saturated heterocycles. The number of fused-ring (bicyclic) bond motifs is 1. The van der Waals surface area contributed by atoms with Crippen molar-refractivity contribution < 1.29 is 14.3 Å². The van der Waals surface area contributed by atoms with Gasteiger partial charge in [-0.15, -0.1) is 0 Å². The molecule has 4 rings (SSSR count). The van der Waals surface area contributed by atoms with E-state index in [1.165, 1.54) is 4.57 Å². The number of rotatable bonds is 4. The van der Waals surface area contributed by atoms with Crippen molar-refractivity contribution in [3.63, 3.8) is 0 Å². The molecule has 172 valence electrons. The summed E-state index contributed by atoms with van der Waals surface area (Å²) in [5.74, 6) is 0.577. The van der Waals surface area contributed by atoms with Gasteiger partial charge in [-0.05, 0) is 57.9 Å². The van der Waals surface area contributed by atoms with Crippen molar-refractivity contribution >= 4 is 34.2 Å². The molecule has 0 unspecified atom stereocenters. The first-order valence-electron chi connectivity index (χ1n) is 11.1. The average molecular weight is 448 g/mol. The topological polar surface area (TPSA) is 92.4 Å². The third kappa shape index (κ3) is 5.26. The summed E-state index contributed by atoms with van der Waals surface area (Å²) in [6.07, 6.45) is 3.45. The molecular formula is C25H29N5O3. The highest BCUT2D eigenvalue weighted by Crippen LogP contribution is 2.28. The molecule has 8 nitrogen and oxygen atoms in total. The number of nitriles is 1. The van der Waals surface area contributed by atoms with Gasteiger partial charge in [0.15, 0.2) is 0 Å². The standard InChI is InChI=1S/C25H29N5O3/c1-25(2,3)33-24(31)30-12-7-17-5-6-18(14-22(17)30)27-23-15-20(13-19(16-26)28-23)29-10-8-21(32-4)9-11-29/h5-7,12-15,21H,8-11H2,1-4H3,(H,27,28). The monoisotopic (exact) mass is 447 g/mol. The Hall–Kier alpha value is -3.57. The zero-order chi connectivity index (χ0) is 23.6. The number of piperidine rings is 1. The fraction of sp³-hybridized carbons (Fsp3) is 0.400. The van der Waals surface area contributed by atoms with E-state index in [0.29, 0.717) is 11.5 Å². The van der Waals surface area contributed by atoms with E-state index in [9.17, 15) is 10.1 Å². The summed E-state index contributed by atoms with van der Waals surface area (Å²) in [6.45, 7) is 7.25. The molecule has 0 saturated carbocycles. The number of benzene rings is 1. The van der Waals surface area contributed by atoms with Crippen LogP contribution in [0, 0.1) is 11.3 Å². The summed E-state index contributed by atoms with van der Waals surface area (Å²) < 4.78 is 12.5. The maximum atomic E-state index is 12.6. The molecule has 2 aromatic heterocycles. The van der Waals surface area contributed by atoms with Crippen LogP contribution in [0.15, 0.2) is 42.6 Å². The van der Waals surface area contributed by atoms with E-state index < -0.39 is 11.7 Å². The number of hydrogen-bond donors (Lipinski definition) is 1. The molecule has 33 heavy (non-hydrogen) atoms. The van der Waals surface area contributed by atoms with Crippen molar-refractivity contribution in [2.45, 2.75) is 45.3 Å². The number of hydrogen-bond acceptors (Lipinski definition) is 7. The highest BCUT2D eigenvalue weighted by Gasteiger charge is 2.21. The molecule has 0 atom stereocenters. The van der Waals surface area contributed by atoms with Crippen molar-refractivity contribution in [2.24, 2.45) is 0 Å². The van der Waals surface area contributed by atoms with Gasteiger partial charge in [-0.3, -0.25) is 4.57 Å². The lowest BCUT2D eigenvalue weighted by molar-refractivity contribution is 0.0544. The number of carbonyl (C=O) groups excluding carboxylic acids is 1. The van der Waals surface area contributed by atoms with Crippen LogP contribution in [-0.2, 0) is 9.47 Å². The van der Waals surface area contributed by atoms with Crippen molar-refractivity contribution in [3.8, 4) is 6.07 Å². The summed E-state index contributed by atoms with van der Waals surface area (Å²) in [5, 5.41) is 13.7. The number of aromatic nitrogens is 2. The second kappa shape index (κ2) is 9.12. The van der Waals surface area contributed by atoms with Crippen LogP contribution in [0.4, 0.5) is 22.0 Å². The summed E-state index contributed by atoms with van der Waals surface area (Å²) in [6, 6.07) is 13.5. The van der Waals surface area contributed by atoms with Gasteiger partial charge in [0, 0.05) is 49.2 Å². The zero-order valence-corrected chi connectivity index (χ0v) is 19.5. The van der Waals surface area contributed by atoms with Crippen LogP contribution in [0.3, 0.4) is 0 Å². The number of anilines is 3. The molecule has 0 amide bonds. The normalized spacial score (nSPS) is 14.8. The first kappa shape index (κ1) is 22.6. The molecular weight excluding hydrogens is 418 g/mol. The molecule has 1 fully saturated rings. The fourth-order valence-corrected chi connectivity index (χ4v) is 3.99. The van der Waals surface area contributed by atoms with Crippen LogP contribution < -0.4 is 10.2 Å². The Balaban J connectivity index is 1.59. The van der Waals surface area contributed by atoms with Gasteiger partial charge >= 0.3 is 6.09 Å². The van der Waals surface area contributed by atoms with E-state index in [-0.39, 0.29) is 6.10 Å². The molecule has 1 aliphatic heterocycles. The van der Waals surface area contributed by atoms with E-state index >= 15 is 0 Å². The Labute approximate surface area is 193 Å². The van der Waals surface area contributed by atoms with Gasteiger partial charge in [-0.2, -0.15) is 5.26 Å². The lowest BCUT2D eigenvalue weighted by Crippen LogP contribution is -2.36. The minimum atomic E-state index is -0.584. The van der Waals surface area contributed by atoms with Gasteiger partial charge < -0.3 is 19.7 Å². The first-order chi connectivity index (χ1) is 15.8. The Kier molecular flexibility index (Phi) is 6.25. The van der Waals surface area contributed by atoms with E-state index in [1.54, 1.807) is 13.3 Å². The van der Waals surface area contributed by atoms with Gasteiger partial charge in [0.25, 0.3) is 0 Å². The van der Waals surface area contributed by atoms with Crippen LogP contribution >= 0.6 is 0 Å². The minimum Gasteiger partial charge on any atom is -0.443 e. The third-order valence-electron chi connectivity index (χ3n) is 5.62. The molecule has 3 heterocycles. The van der Waals surface area contributed by atoms with Crippen molar-refractivity contribution in [2.75, 3.05) is 30.4 Å². The van der Waals surface area contributed by atoms with E-state index in [1.807, 2.05) is 57.2 Å². The molecule has 0 radical (unpaired) electrons. The Morgan fingerprint density at radius 1 is 1.18 bits per heavy atom. The molecule has 0 aliphatic carbocycles. The van der Waals surface area contributed by atoms with E-state index in [2.05, 4.69) is 21.3 Å². The van der Waals surface area contributed by atoms with Gasteiger partial charge in [0.1, 0.15) is 23.2 Å². The smallest absolute Gasteiger partial charge is 0.418 e. The summed E-state index contributed by atoms with van der Waals surface area (Å²) in [4.78, 5) is 19.3. The highest BCUT2D eigenvalue weighted by atomic mass is 16.6. The van der Waals surface area contributed by atoms with Crippen LogP contribution in [0.5, 0.6) is 0 Å². The quantitative estimate of drug-likeness (QED) is 0.598. The van der Waals surface area contributed by atoms with Gasteiger partial charge in [-0.25, -0.2) is 9.78 Å². The number of nitrogens with zero attached hydrogens (tertiary/aromatic N) is 4. The lowest BCUT2D eigenvalue weighted by atomic mass is 10.1. The number of nitrogens with one attached hydrogen (secondary N) is 1. The van der Waals surface area contributed by atoms with Crippen molar-refractivity contribution in [1.82, 2.24) is 9.55 Å². The maximum absolute atomic E-state index is 12.6. The van der Waals surface area contributed by atoms with Gasteiger partial charge in [0.2, 0.25) is 0 Å². The van der Waals surface area contributed by atoms with E-state index in [0.717, 1.165) is 48.2 Å². The summed E-state index contributed by atoms with van der Waals surface area (Å²) in [7, 11) is 1.75. The van der Waals surface area contributed by atoms with Crippen LogP contribution in [0.25, 0.3) is 10.9 Å². The number of carbonyl (C=O) groups is 1. The second-order valence-corrected chi connectivity index (χ2v) is 9.19. The predicted octanol–water partition coefficient (Wildman–Crippen LogP) is 5.05. The highest BCUT2D eigenvalue weighted by molar-refractivity contribution is 5.92. The summed E-state index contributed by atoms with van der Waals surface area (Å²) in [5.41, 5.74) is 2.21. The molecule has 3 aromatic rings. The second-order valence-electron chi connectivity index (χ2n) is 9.19. The van der Waals surface area contributed by atoms with Crippen LogP contribution in [0.1, 0.15) is 39.3 Å². The number of pyridine rings is 1. The van der Waals surface area contributed by atoms with Gasteiger partial charge in [-0.1, -0.05) is 6.07 Å². The molecule has 8 heteroatoms. The predicted molar refractivity (Wildman–Crippen MR) is 128 cm³/mol. The molecule has 0 bridgehead atoms. The van der Waals surface area contributed by atoms with E-state index in [4.69, 9.17) is 9.47 Å². The molecule has 1 N–H and O–H groups in total. The Bertz CT molecular complexity index is 1200. The Morgan fingerprint density at radius 2 is 1.94 bits per heavy atom. The van der Waals surface area contributed by atoms with Crippen LogP contribution in [0.2, 0.25) is 0 Å². The Morgan fingerprint density at radius 3 is 2.61 bits per heavy atom. The third-order valence-corrected chi connectivity index (χ3v) is 5.62. The van der Waals surface area contributed by atoms with Crippen LogP contribution in [-0.4, -0.2) is 47.5 Å². The number of ether oxygens (including phenoxy) is 2. The SMILES string of the molecule is COC1CCN(c2cc(C#N)nc(Nc3ccc4ccn(C(=O)OC(C)(C)C)c4c3)c2)CC1. The van der Waals surface area contributed by atoms with Crippen molar-refractivity contribution in [3.05, 3.63) is 48.3 Å². The minimum absolute atomic E-state index is 0.282. The number of methoxy groups -OCH3 is 1. The average Bonchev–Trinajstić information content (AvgIpc) is 3.21. The maximum Gasteiger partial charge on any atom is 0.418 e. The van der Waals surface area contributed by atoms with Crippen molar-refractivity contribution in [1.29, 1.82) is 5.26 Å². The summed E-state index contributed by atoms with van der Waals surface area (Å²) >= 11 is 0. The fourth-order valence-electron chi connectivity index (χ4n) is 3.99. The zero-order valence-electron chi connectivity index (χ0n) is 19.5. The molecule has 0 spiro atoms. The lowest BCUT2D eigenvalue weighted by Gasteiger charge is -2.33. The molecule has 1 aliphatic rings.